The Morgan fingerprint density at radius 3 is 2.52 bits per heavy atom. The SMILES string of the molecule is Cc1ccc(-n2c(=C(C#N)C#N)s/c(=C/c3cccc(Br)c3)c2=O)c(C)c1. The van der Waals surface area contributed by atoms with Crippen LogP contribution < -0.4 is 14.8 Å². The van der Waals surface area contributed by atoms with Crippen molar-refractivity contribution >= 4 is 38.9 Å². The molecule has 0 aliphatic carbocycles. The van der Waals surface area contributed by atoms with E-state index in [2.05, 4.69) is 15.9 Å². The molecule has 6 heteroatoms. The number of aryl methyl sites for hydroxylation is 2. The number of hydrogen-bond acceptors (Lipinski definition) is 4. The Morgan fingerprint density at radius 2 is 1.89 bits per heavy atom. The highest BCUT2D eigenvalue weighted by Gasteiger charge is 2.13. The van der Waals surface area contributed by atoms with Crippen LogP contribution in [0.5, 0.6) is 0 Å². The zero-order valence-corrected chi connectivity index (χ0v) is 17.1. The smallest absolute Gasteiger partial charge is 0.267 e. The van der Waals surface area contributed by atoms with Crippen LogP contribution in [0.2, 0.25) is 0 Å². The van der Waals surface area contributed by atoms with Gasteiger partial charge in [-0.05, 0) is 49.2 Å². The number of thiazole rings is 1. The number of aromatic nitrogens is 1. The molecule has 0 radical (unpaired) electrons. The van der Waals surface area contributed by atoms with Gasteiger partial charge in [0.25, 0.3) is 5.56 Å². The lowest BCUT2D eigenvalue weighted by molar-refractivity contribution is 0.973. The molecular formula is C21H14BrN3OS. The van der Waals surface area contributed by atoms with Crippen LogP contribution in [0.25, 0.3) is 17.3 Å². The molecule has 132 valence electrons. The van der Waals surface area contributed by atoms with Gasteiger partial charge in [0.05, 0.1) is 10.2 Å². The Bertz CT molecular complexity index is 1290. The van der Waals surface area contributed by atoms with Crippen LogP contribution in [0.1, 0.15) is 16.7 Å². The predicted octanol–water partition coefficient (Wildman–Crippen LogP) is 3.31. The number of nitriles is 2. The minimum Gasteiger partial charge on any atom is -0.267 e. The number of rotatable bonds is 2. The molecule has 0 fully saturated rings. The average molecular weight is 436 g/mol. The van der Waals surface area contributed by atoms with E-state index in [1.165, 1.54) is 4.57 Å². The predicted molar refractivity (Wildman–Crippen MR) is 111 cm³/mol. The van der Waals surface area contributed by atoms with Crippen LogP contribution >= 0.6 is 27.3 Å². The molecular weight excluding hydrogens is 422 g/mol. The van der Waals surface area contributed by atoms with Gasteiger partial charge < -0.3 is 0 Å². The molecule has 2 aromatic carbocycles. The largest absolute Gasteiger partial charge is 0.273 e. The van der Waals surface area contributed by atoms with Crippen LogP contribution in [-0.4, -0.2) is 4.57 Å². The summed E-state index contributed by atoms with van der Waals surface area (Å²) in [6.07, 6.45) is 1.77. The summed E-state index contributed by atoms with van der Waals surface area (Å²) >= 11 is 4.57. The van der Waals surface area contributed by atoms with Gasteiger partial charge in [-0.1, -0.05) is 45.8 Å². The molecule has 0 aliphatic heterocycles. The molecule has 0 unspecified atom stereocenters. The second-order valence-electron chi connectivity index (χ2n) is 6.00. The van der Waals surface area contributed by atoms with Crippen molar-refractivity contribution in [3.8, 4) is 17.8 Å². The third kappa shape index (κ3) is 3.78. The van der Waals surface area contributed by atoms with E-state index in [0.29, 0.717) is 14.9 Å². The Hall–Kier alpha value is -2.93. The molecule has 0 spiro atoms. The number of nitrogens with zero attached hydrogens (tertiary/aromatic N) is 3. The van der Waals surface area contributed by atoms with Gasteiger partial charge >= 0.3 is 0 Å². The zero-order valence-electron chi connectivity index (χ0n) is 14.7. The Labute approximate surface area is 168 Å². The third-order valence-corrected chi connectivity index (χ3v) is 5.59. The van der Waals surface area contributed by atoms with Gasteiger partial charge in [0.2, 0.25) is 0 Å². The van der Waals surface area contributed by atoms with E-state index in [1.807, 2.05) is 68.5 Å². The lowest BCUT2D eigenvalue weighted by Crippen LogP contribution is -2.31. The summed E-state index contributed by atoms with van der Waals surface area (Å²) < 4.78 is 3.18. The van der Waals surface area contributed by atoms with E-state index in [4.69, 9.17) is 0 Å². The van der Waals surface area contributed by atoms with Crippen LogP contribution in [0.4, 0.5) is 0 Å². The Morgan fingerprint density at radius 1 is 1.15 bits per heavy atom. The van der Waals surface area contributed by atoms with Gasteiger partial charge in [-0.3, -0.25) is 9.36 Å². The van der Waals surface area contributed by atoms with Crippen molar-refractivity contribution < 1.29 is 0 Å². The quantitative estimate of drug-likeness (QED) is 0.619. The second-order valence-corrected chi connectivity index (χ2v) is 7.95. The standard InChI is InChI=1S/C21H14BrN3OS/c1-13-6-7-18(14(2)8-13)25-20(26)19(27-21(25)16(11-23)12-24)10-15-4-3-5-17(22)9-15/h3-10H,1-2H3/b19-10+. The summed E-state index contributed by atoms with van der Waals surface area (Å²) in [7, 11) is 0. The second kappa shape index (κ2) is 7.75. The van der Waals surface area contributed by atoms with Crippen molar-refractivity contribution in [2.24, 2.45) is 0 Å². The van der Waals surface area contributed by atoms with Gasteiger partial charge in [0.1, 0.15) is 16.8 Å². The lowest BCUT2D eigenvalue weighted by atomic mass is 10.1. The van der Waals surface area contributed by atoms with Crippen molar-refractivity contribution in [1.82, 2.24) is 4.57 Å². The van der Waals surface area contributed by atoms with Gasteiger partial charge in [0, 0.05) is 4.47 Å². The van der Waals surface area contributed by atoms with Gasteiger partial charge in [-0.15, -0.1) is 11.3 Å². The van der Waals surface area contributed by atoms with E-state index in [0.717, 1.165) is 32.5 Å². The Kier molecular flexibility index (Phi) is 5.41. The molecule has 4 nitrogen and oxygen atoms in total. The summed E-state index contributed by atoms with van der Waals surface area (Å²) in [6.45, 7) is 3.88. The molecule has 1 aromatic heterocycles. The first kappa shape index (κ1) is 18.8. The van der Waals surface area contributed by atoms with E-state index < -0.39 is 0 Å². The summed E-state index contributed by atoms with van der Waals surface area (Å²) in [5, 5.41) is 18.7. The molecule has 0 atom stereocenters. The first-order chi connectivity index (χ1) is 12.9. The van der Waals surface area contributed by atoms with Crippen LogP contribution in [0.3, 0.4) is 0 Å². The number of hydrogen-bond donors (Lipinski definition) is 0. The molecule has 1 heterocycles. The molecule has 0 bridgehead atoms. The molecule has 0 saturated heterocycles. The minimum absolute atomic E-state index is 0.0778. The van der Waals surface area contributed by atoms with E-state index in [9.17, 15) is 15.3 Å². The van der Waals surface area contributed by atoms with Gasteiger partial charge in [-0.25, -0.2) is 0 Å². The maximum Gasteiger partial charge on any atom is 0.273 e. The van der Waals surface area contributed by atoms with Crippen molar-refractivity contribution in [1.29, 1.82) is 10.5 Å². The summed E-state index contributed by atoms with van der Waals surface area (Å²) in [5.41, 5.74) is 3.19. The third-order valence-electron chi connectivity index (χ3n) is 4.00. The van der Waals surface area contributed by atoms with Crippen molar-refractivity contribution in [2.45, 2.75) is 13.8 Å². The monoisotopic (exact) mass is 435 g/mol. The number of halogens is 1. The highest BCUT2D eigenvalue weighted by Crippen LogP contribution is 2.14. The first-order valence-electron chi connectivity index (χ1n) is 8.06. The maximum absolute atomic E-state index is 13.2. The topological polar surface area (TPSA) is 69.6 Å². The number of benzene rings is 2. The fourth-order valence-corrected chi connectivity index (χ4v) is 4.26. The van der Waals surface area contributed by atoms with Gasteiger partial charge in [-0.2, -0.15) is 10.5 Å². The fraction of sp³-hybridized carbons (Fsp3) is 0.0952. The summed E-state index contributed by atoms with van der Waals surface area (Å²) in [4.78, 5) is 13.2. The molecule has 3 rings (SSSR count). The summed E-state index contributed by atoms with van der Waals surface area (Å²) in [5.74, 6) is 0. The van der Waals surface area contributed by atoms with Crippen molar-refractivity contribution in [3.05, 3.63) is 83.2 Å². The molecule has 0 aliphatic rings. The van der Waals surface area contributed by atoms with Gasteiger partial charge in [0.15, 0.2) is 5.57 Å². The zero-order chi connectivity index (χ0) is 19.6. The van der Waals surface area contributed by atoms with E-state index >= 15 is 0 Å². The van der Waals surface area contributed by atoms with E-state index in [-0.39, 0.29) is 11.1 Å². The molecule has 0 N–H and O–H groups in total. The average Bonchev–Trinajstić information content (AvgIpc) is 2.93. The van der Waals surface area contributed by atoms with Crippen molar-refractivity contribution in [3.63, 3.8) is 0 Å². The first-order valence-corrected chi connectivity index (χ1v) is 9.67. The molecule has 0 amide bonds. The summed E-state index contributed by atoms with van der Waals surface area (Å²) in [6, 6.07) is 17.1. The molecule has 3 aromatic rings. The maximum atomic E-state index is 13.2. The Balaban J connectivity index is 2.43. The fourth-order valence-electron chi connectivity index (χ4n) is 2.79. The van der Waals surface area contributed by atoms with E-state index in [1.54, 1.807) is 6.08 Å². The normalized spacial score (nSPS) is 11.1. The highest BCUT2D eigenvalue weighted by atomic mass is 79.9. The van der Waals surface area contributed by atoms with Crippen LogP contribution in [0.15, 0.2) is 51.7 Å². The highest BCUT2D eigenvalue weighted by molar-refractivity contribution is 9.10. The molecule has 27 heavy (non-hydrogen) atoms. The van der Waals surface area contributed by atoms with Crippen LogP contribution in [0, 0.1) is 36.5 Å². The van der Waals surface area contributed by atoms with Crippen molar-refractivity contribution in [2.75, 3.05) is 0 Å². The minimum atomic E-state index is -0.245. The van der Waals surface area contributed by atoms with Crippen LogP contribution in [-0.2, 0) is 0 Å². The lowest BCUT2D eigenvalue weighted by Gasteiger charge is -2.07. The molecule has 0 saturated carbocycles.